The average Bonchev–Trinajstić information content (AvgIpc) is 3.16. The molecule has 0 radical (unpaired) electrons. The summed E-state index contributed by atoms with van der Waals surface area (Å²) in [4.78, 5) is 12.1. The fraction of sp³-hybridized carbons (Fsp3) is 0.333. The Morgan fingerprint density at radius 1 is 1.52 bits per heavy atom. The van der Waals surface area contributed by atoms with Gasteiger partial charge < -0.3 is 10.6 Å². The number of halogens is 1. The predicted octanol–water partition coefficient (Wildman–Crippen LogP) is 2.12. The molecule has 110 valence electrons. The molecule has 1 atom stereocenters. The second-order valence-electron chi connectivity index (χ2n) is 5.16. The Morgan fingerprint density at radius 3 is 3.19 bits per heavy atom. The average molecular weight is 349 g/mol. The molecule has 1 fully saturated rings. The van der Waals surface area contributed by atoms with Gasteiger partial charge in [0.1, 0.15) is 0 Å². The number of carbonyl (C=O) groups is 1. The molecule has 5 nitrogen and oxygen atoms in total. The molecule has 1 aromatic heterocycles. The summed E-state index contributed by atoms with van der Waals surface area (Å²) in [5.41, 5.74) is 1.49. The molecular weight excluding hydrogens is 332 g/mol. The third kappa shape index (κ3) is 3.51. The third-order valence-electron chi connectivity index (χ3n) is 3.59. The molecule has 2 aromatic rings. The summed E-state index contributed by atoms with van der Waals surface area (Å²) >= 11 is 3.43. The van der Waals surface area contributed by atoms with Crippen LogP contribution in [0.25, 0.3) is 5.69 Å². The van der Waals surface area contributed by atoms with Gasteiger partial charge in [0.25, 0.3) is 5.91 Å². The number of nitrogens with one attached hydrogen (secondary N) is 2. The highest BCUT2D eigenvalue weighted by Gasteiger charge is 2.16. The van der Waals surface area contributed by atoms with Gasteiger partial charge in [0, 0.05) is 23.3 Å². The van der Waals surface area contributed by atoms with E-state index >= 15 is 0 Å². The fourth-order valence-corrected chi connectivity index (χ4v) is 2.84. The maximum absolute atomic E-state index is 12.1. The highest BCUT2D eigenvalue weighted by Crippen LogP contribution is 2.15. The topological polar surface area (TPSA) is 59.0 Å². The molecule has 1 unspecified atom stereocenters. The zero-order valence-electron chi connectivity index (χ0n) is 11.6. The van der Waals surface area contributed by atoms with Gasteiger partial charge in [0.05, 0.1) is 17.4 Å². The molecule has 1 aliphatic rings. The fourth-order valence-electron chi connectivity index (χ4n) is 2.45. The lowest BCUT2D eigenvalue weighted by molar-refractivity contribution is 0.0950. The van der Waals surface area contributed by atoms with Crippen LogP contribution in [0.3, 0.4) is 0 Å². The van der Waals surface area contributed by atoms with Crippen LogP contribution in [-0.4, -0.2) is 34.8 Å². The standard InChI is InChI=1S/C15H17BrN4O/c16-12-3-1-5-14(7-12)20-10-11(8-19-20)15(21)18-9-13-4-2-6-17-13/h1,3,5,7-8,10,13,17H,2,4,6,9H2,(H,18,21). The Kier molecular flexibility index (Phi) is 4.36. The monoisotopic (exact) mass is 348 g/mol. The van der Waals surface area contributed by atoms with Crippen LogP contribution in [0.1, 0.15) is 23.2 Å². The molecule has 0 saturated carbocycles. The van der Waals surface area contributed by atoms with E-state index in [-0.39, 0.29) is 5.91 Å². The molecule has 0 spiro atoms. The first-order valence-corrected chi connectivity index (χ1v) is 7.84. The van der Waals surface area contributed by atoms with E-state index in [4.69, 9.17) is 0 Å². The SMILES string of the molecule is O=C(NCC1CCCN1)c1cnn(-c2cccc(Br)c2)c1. The van der Waals surface area contributed by atoms with Gasteiger partial charge in [0.15, 0.2) is 0 Å². The number of amides is 1. The van der Waals surface area contributed by atoms with E-state index in [2.05, 4.69) is 31.7 Å². The van der Waals surface area contributed by atoms with E-state index in [1.807, 2.05) is 24.3 Å². The van der Waals surface area contributed by atoms with Crippen LogP contribution < -0.4 is 10.6 Å². The smallest absolute Gasteiger partial charge is 0.254 e. The van der Waals surface area contributed by atoms with Crippen molar-refractivity contribution in [3.05, 3.63) is 46.7 Å². The third-order valence-corrected chi connectivity index (χ3v) is 4.08. The maximum atomic E-state index is 12.1. The summed E-state index contributed by atoms with van der Waals surface area (Å²) in [7, 11) is 0. The Hall–Kier alpha value is -1.66. The number of aromatic nitrogens is 2. The summed E-state index contributed by atoms with van der Waals surface area (Å²) in [5, 5.41) is 10.6. The number of hydrogen-bond donors (Lipinski definition) is 2. The normalized spacial score (nSPS) is 17.9. The molecule has 1 aromatic carbocycles. The van der Waals surface area contributed by atoms with Crippen molar-refractivity contribution >= 4 is 21.8 Å². The van der Waals surface area contributed by atoms with Crippen molar-refractivity contribution < 1.29 is 4.79 Å². The van der Waals surface area contributed by atoms with E-state index in [1.54, 1.807) is 17.1 Å². The first-order chi connectivity index (χ1) is 10.2. The van der Waals surface area contributed by atoms with Gasteiger partial charge in [-0.3, -0.25) is 4.79 Å². The summed E-state index contributed by atoms with van der Waals surface area (Å²) in [6, 6.07) is 8.19. The van der Waals surface area contributed by atoms with Gasteiger partial charge in [-0.15, -0.1) is 0 Å². The van der Waals surface area contributed by atoms with Crippen LogP contribution in [0.15, 0.2) is 41.1 Å². The van der Waals surface area contributed by atoms with Crippen LogP contribution >= 0.6 is 15.9 Å². The van der Waals surface area contributed by atoms with Gasteiger partial charge in [-0.25, -0.2) is 4.68 Å². The Morgan fingerprint density at radius 2 is 2.43 bits per heavy atom. The first kappa shape index (κ1) is 14.3. The maximum Gasteiger partial charge on any atom is 0.254 e. The highest BCUT2D eigenvalue weighted by atomic mass is 79.9. The Bertz CT molecular complexity index is 634. The molecule has 3 rings (SSSR count). The van der Waals surface area contributed by atoms with Crippen molar-refractivity contribution in [3.8, 4) is 5.69 Å². The van der Waals surface area contributed by atoms with Crippen LogP contribution in [0.2, 0.25) is 0 Å². The summed E-state index contributed by atoms with van der Waals surface area (Å²) in [5.74, 6) is -0.0788. The molecule has 2 heterocycles. The van der Waals surface area contributed by atoms with E-state index in [9.17, 15) is 4.79 Å². The van der Waals surface area contributed by atoms with Gasteiger partial charge >= 0.3 is 0 Å². The van der Waals surface area contributed by atoms with Gasteiger partial charge in [-0.05, 0) is 37.6 Å². The van der Waals surface area contributed by atoms with Crippen LogP contribution in [0.5, 0.6) is 0 Å². The molecule has 2 N–H and O–H groups in total. The second-order valence-corrected chi connectivity index (χ2v) is 6.07. The quantitative estimate of drug-likeness (QED) is 0.889. The predicted molar refractivity (Wildman–Crippen MR) is 84.6 cm³/mol. The number of nitrogens with zero attached hydrogens (tertiary/aromatic N) is 2. The first-order valence-electron chi connectivity index (χ1n) is 7.04. The van der Waals surface area contributed by atoms with E-state index in [0.29, 0.717) is 18.2 Å². The largest absolute Gasteiger partial charge is 0.350 e. The van der Waals surface area contributed by atoms with Crippen molar-refractivity contribution in [2.45, 2.75) is 18.9 Å². The molecule has 1 saturated heterocycles. The second kappa shape index (κ2) is 6.41. The molecule has 6 heteroatoms. The van der Waals surface area contributed by atoms with Crippen LogP contribution in [-0.2, 0) is 0 Å². The van der Waals surface area contributed by atoms with Crippen molar-refractivity contribution in [2.24, 2.45) is 0 Å². The Labute approximate surface area is 131 Å². The van der Waals surface area contributed by atoms with Gasteiger partial charge in [0.2, 0.25) is 0 Å². The van der Waals surface area contributed by atoms with Crippen molar-refractivity contribution in [1.29, 1.82) is 0 Å². The van der Waals surface area contributed by atoms with Crippen molar-refractivity contribution in [2.75, 3.05) is 13.1 Å². The van der Waals surface area contributed by atoms with Gasteiger partial charge in [-0.2, -0.15) is 5.10 Å². The number of rotatable bonds is 4. The minimum absolute atomic E-state index is 0.0788. The number of carbonyl (C=O) groups excluding carboxylic acids is 1. The molecule has 21 heavy (non-hydrogen) atoms. The van der Waals surface area contributed by atoms with Gasteiger partial charge in [-0.1, -0.05) is 22.0 Å². The summed E-state index contributed by atoms with van der Waals surface area (Å²) in [6.45, 7) is 1.71. The molecule has 0 aliphatic carbocycles. The van der Waals surface area contributed by atoms with Crippen molar-refractivity contribution in [3.63, 3.8) is 0 Å². The lowest BCUT2D eigenvalue weighted by atomic mass is 10.2. The van der Waals surface area contributed by atoms with E-state index in [0.717, 1.165) is 23.1 Å². The molecule has 0 bridgehead atoms. The molecular formula is C15H17BrN4O. The number of benzene rings is 1. The number of hydrogen-bond acceptors (Lipinski definition) is 3. The summed E-state index contributed by atoms with van der Waals surface area (Å²) in [6.07, 6.45) is 5.65. The molecule has 1 amide bonds. The van der Waals surface area contributed by atoms with Crippen LogP contribution in [0, 0.1) is 0 Å². The Balaban J connectivity index is 1.65. The zero-order chi connectivity index (χ0) is 14.7. The van der Waals surface area contributed by atoms with Crippen molar-refractivity contribution in [1.82, 2.24) is 20.4 Å². The van der Waals surface area contributed by atoms with Crippen LogP contribution in [0.4, 0.5) is 0 Å². The lowest BCUT2D eigenvalue weighted by Gasteiger charge is -2.10. The minimum atomic E-state index is -0.0788. The molecule has 1 aliphatic heterocycles. The zero-order valence-corrected chi connectivity index (χ0v) is 13.1. The lowest BCUT2D eigenvalue weighted by Crippen LogP contribution is -2.37. The van der Waals surface area contributed by atoms with E-state index in [1.165, 1.54) is 6.42 Å². The minimum Gasteiger partial charge on any atom is -0.350 e. The highest BCUT2D eigenvalue weighted by molar-refractivity contribution is 9.10. The van der Waals surface area contributed by atoms with E-state index < -0.39 is 0 Å². The summed E-state index contributed by atoms with van der Waals surface area (Å²) < 4.78 is 2.68.